The van der Waals surface area contributed by atoms with Gasteiger partial charge < -0.3 is 14.8 Å². The molecule has 20 heavy (non-hydrogen) atoms. The van der Waals surface area contributed by atoms with E-state index in [4.69, 9.17) is 0 Å². The Morgan fingerprint density at radius 1 is 1.35 bits per heavy atom. The van der Waals surface area contributed by atoms with Crippen molar-refractivity contribution in [3.8, 4) is 5.75 Å². The molecule has 0 fully saturated rings. The molecule has 1 aliphatic heterocycles. The zero-order valence-electron chi connectivity index (χ0n) is 11.0. The van der Waals surface area contributed by atoms with E-state index in [2.05, 4.69) is 4.98 Å². The molecule has 2 aromatic rings. The van der Waals surface area contributed by atoms with E-state index in [0.29, 0.717) is 12.8 Å². The molecule has 3 rings (SSSR count). The Balaban J connectivity index is 1.89. The molecule has 1 unspecified atom stereocenters. The number of rotatable bonds is 3. The van der Waals surface area contributed by atoms with E-state index in [0.717, 1.165) is 30.0 Å². The summed E-state index contributed by atoms with van der Waals surface area (Å²) in [5, 5.41) is 18.5. The Morgan fingerprint density at radius 2 is 2.10 bits per heavy atom. The highest BCUT2D eigenvalue weighted by Crippen LogP contribution is 2.29. The first-order chi connectivity index (χ1) is 9.65. The number of phenolic OH excluding ortho intramolecular Hbond substituents is 1. The van der Waals surface area contributed by atoms with Crippen molar-refractivity contribution in [3.63, 3.8) is 0 Å². The van der Waals surface area contributed by atoms with Crippen molar-refractivity contribution < 1.29 is 15.0 Å². The first kappa shape index (κ1) is 12.7. The average molecular weight is 272 g/mol. The van der Waals surface area contributed by atoms with Crippen molar-refractivity contribution in [2.24, 2.45) is 0 Å². The Hall–Kier alpha value is -2.30. The summed E-state index contributed by atoms with van der Waals surface area (Å²) < 4.78 is 2.02. The first-order valence-corrected chi connectivity index (χ1v) is 6.70. The van der Waals surface area contributed by atoms with Gasteiger partial charge in [0.15, 0.2) is 0 Å². The summed E-state index contributed by atoms with van der Waals surface area (Å²) >= 11 is 0. The first-order valence-electron chi connectivity index (χ1n) is 6.70. The van der Waals surface area contributed by atoms with Gasteiger partial charge in [0.25, 0.3) is 0 Å². The minimum absolute atomic E-state index is 0.241. The van der Waals surface area contributed by atoms with Crippen molar-refractivity contribution in [3.05, 3.63) is 47.5 Å². The molecule has 5 heteroatoms. The quantitative estimate of drug-likeness (QED) is 0.897. The van der Waals surface area contributed by atoms with Gasteiger partial charge in [-0.25, -0.2) is 4.98 Å². The number of benzene rings is 1. The number of hydrogen-bond acceptors (Lipinski definition) is 3. The molecule has 0 spiro atoms. The molecule has 1 aliphatic rings. The van der Waals surface area contributed by atoms with Crippen LogP contribution in [0.4, 0.5) is 0 Å². The van der Waals surface area contributed by atoms with Gasteiger partial charge in [0.1, 0.15) is 11.6 Å². The van der Waals surface area contributed by atoms with Crippen LogP contribution in [0.1, 0.15) is 35.8 Å². The van der Waals surface area contributed by atoms with Gasteiger partial charge in [-0.2, -0.15) is 0 Å². The van der Waals surface area contributed by atoms with Crippen LogP contribution in [0.15, 0.2) is 30.5 Å². The third-order valence-corrected chi connectivity index (χ3v) is 3.80. The Bertz CT molecular complexity index is 631. The van der Waals surface area contributed by atoms with Crippen molar-refractivity contribution in [1.82, 2.24) is 9.55 Å². The van der Waals surface area contributed by atoms with Crippen LogP contribution in [0, 0.1) is 0 Å². The fourth-order valence-electron chi connectivity index (χ4n) is 2.75. The number of fused-ring (bicyclic) bond motifs is 1. The summed E-state index contributed by atoms with van der Waals surface area (Å²) in [6, 6.07) is 7.01. The molecule has 1 atom stereocenters. The predicted octanol–water partition coefficient (Wildman–Crippen LogP) is 2.14. The minimum Gasteiger partial charge on any atom is -0.508 e. The van der Waals surface area contributed by atoms with Gasteiger partial charge in [-0.3, -0.25) is 4.79 Å². The highest BCUT2D eigenvalue weighted by atomic mass is 16.4. The summed E-state index contributed by atoms with van der Waals surface area (Å²) in [7, 11) is 0. The molecule has 2 N–H and O–H groups in total. The van der Waals surface area contributed by atoms with Crippen LogP contribution in [0.25, 0.3) is 0 Å². The zero-order valence-corrected chi connectivity index (χ0v) is 11.0. The standard InChI is InChI=1S/C15H16N2O3/c18-11-5-3-10(4-6-11)8-14-16-9-13-12(15(19)20)2-1-7-17(13)14/h3-6,9,12,18H,1-2,7-8H2,(H,19,20). The van der Waals surface area contributed by atoms with Gasteiger partial charge in [-0.05, 0) is 30.5 Å². The summed E-state index contributed by atoms with van der Waals surface area (Å²) in [5.41, 5.74) is 1.85. The van der Waals surface area contributed by atoms with Crippen LogP contribution < -0.4 is 0 Å². The van der Waals surface area contributed by atoms with Gasteiger partial charge in [0.2, 0.25) is 0 Å². The van der Waals surface area contributed by atoms with Crippen LogP contribution in [0.5, 0.6) is 5.75 Å². The lowest BCUT2D eigenvalue weighted by Crippen LogP contribution is -2.22. The topological polar surface area (TPSA) is 75.3 Å². The summed E-state index contributed by atoms with van der Waals surface area (Å²) in [4.78, 5) is 15.6. The van der Waals surface area contributed by atoms with Gasteiger partial charge in [-0.15, -0.1) is 0 Å². The Kier molecular flexibility index (Phi) is 3.18. The third-order valence-electron chi connectivity index (χ3n) is 3.80. The van der Waals surface area contributed by atoms with E-state index in [1.165, 1.54) is 0 Å². The van der Waals surface area contributed by atoms with Crippen molar-refractivity contribution in [1.29, 1.82) is 0 Å². The molecular formula is C15H16N2O3. The highest BCUT2D eigenvalue weighted by molar-refractivity contribution is 5.75. The molecule has 1 aromatic heterocycles. The number of imidazole rings is 1. The number of aliphatic carboxylic acids is 1. The number of carboxylic acid groups (broad SMARTS) is 1. The molecular weight excluding hydrogens is 256 g/mol. The van der Waals surface area contributed by atoms with Gasteiger partial charge >= 0.3 is 5.97 Å². The summed E-state index contributed by atoms with van der Waals surface area (Å²) in [6.07, 6.45) is 3.88. The number of carboxylic acids is 1. The van der Waals surface area contributed by atoms with Crippen molar-refractivity contribution in [2.75, 3.05) is 0 Å². The van der Waals surface area contributed by atoms with Crippen LogP contribution in [-0.4, -0.2) is 25.7 Å². The second kappa shape index (κ2) is 5.00. The number of carbonyl (C=O) groups is 1. The molecule has 0 amide bonds. The number of aromatic nitrogens is 2. The molecule has 0 radical (unpaired) electrons. The normalized spacial score (nSPS) is 17.7. The van der Waals surface area contributed by atoms with Gasteiger partial charge in [0.05, 0.1) is 11.6 Å². The monoisotopic (exact) mass is 272 g/mol. The van der Waals surface area contributed by atoms with Crippen LogP contribution in [0.3, 0.4) is 0 Å². The molecule has 5 nitrogen and oxygen atoms in total. The van der Waals surface area contributed by atoms with E-state index < -0.39 is 11.9 Å². The second-order valence-electron chi connectivity index (χ2n) is 5.13. The maximum absolute atomic E-state index is 11.3. The Morgan fingerprint density at radius 3 is 2.80 bits per heavy atom. The highest BCUT2D eigenvalue weighted by Gasteiger charge is 2.28. The van der Waals surface area contributed by atoms with Gasteiger partial charge in [0, 0.05) is 19.2 Å². The lowest BCUT2D eigenvalue weighted by molar-refractivity contribution is -0.139. The predicted molar refractivity (Wildman–Crippen MR) is 72.8 cm³/mol. The Labute approximate surface area is 116 Å². The molecule has 0 bridgehead atoms. The fraction of sp³-hybridized carbons (Fsp3) is 0.333. The summed E-state index contributed by atoms with van der Waals surface area (Å²) in [5.74, 6) is -0.0895. The lowest BCUT2D eigenvalue weighted by Gasteiger charge is -2.22. The smallest absolute Gasteiger partial charge is 0.312 e. The zero-order chi connectivity index (χ0) is 14.1. The molecule has 0 saturated heterocycles. The molecule has 0 aliphatic carbocycles. The van der Waals surface area contributed by atoms with E-state index in [1.807, 2.05) is 16.7 Å². The fourth-order valence-corrected chi connectivity index (χ4v) is 2.75. The largest absolute Gasteiger partial charge is 0.508 e. The van der Waals surface area contributed by atoms with Crippen molar-refractivity contribution in [2.45, 2.75) is 31.7 Å². The molecule has 2 heterocycles. The second-order valence-corrected chi connectivity index (χ2v) is 5.13. The van der Waals surface area contributed by atoms with Crippen LogP contribution in [-0.2, 0) is 17.8 Å². The van der Waals surface area contributed by atoms with Gasteiger partial charge in [-0.1, -0.05) is 12.1 Å². The molecule has 0 saturated carbocycles. The van der Waals surface area contributed by atoms with Crippen LogP contribution >= 0.6 is 0 Å². The van der Waals surface area contributed by atoms with E-state index >= 15 is 0 Å². The average Bonchev–Trinajstić information content (AvgIpc) is 2.84. The number of phenols is 1. The van der Waals surface area contributed by atoms with Crippen LogP contribution in [0.2, 0.25) is 0 Å². The third kappa shape index (κ3) is 2.27. The number of aromatic hydroxyl groups is 1. The number of hydrogen-bond donors (Lipinski definition) is 2. The maximum atomic E-state index is 11.3. The minimum atomic E-state index is -0.776. The number of nitrogens with zero attached hydrogens (tertiary/aromatic N) is 2. The maximum Gasteiger partial charge on any atom is 0.312 e. The SMILES string of the molecule is O=C(O)C1CCCn2c1cnc2Cc1ccc(O)cc1. The van der Waals surface area contributed by atoms with E-state index in [9.17, 15) is 15.0 Å². The summed E-state index contributed by atoms with van der Waals surface area (Å²) in [6.45, 7) is 0.826. The van der Waals surface area contributed by atoms with E-state index in [-0.39, 0.29) is 5.75 Å². The van der Waals surface area contributed by atoms with Crippen molar-refractivity contribution >= 4 is 5.97 Å². The lowest BCUT2D eigenvalue weighted by atomic mass is 9.96. The molecule has 1 aromatic carbocycles. The van der Waals surface area contributed by atoms with E-state index in [1.54, 1.807) is 18.3 Å². The molecule has 104 valence electrons.